The summed E-state index contributed by atoms with van der Waals surface area (Å²) in [5.41, 5.74) is -0.0939. The molecule has 3 aromatic rings. The van der Waals surface area contributed by atoms with Crippen LogP contribution >= 0.6 is 0 Å². The Balaban J connectivity index is 1.94. The number of aliphatic hydroxyl groups is 1. The zero-order chi connectivity index (χ0) is 21.9. The molecule has 1 heterocycles. The molecule has 1 N–H and O–H groups in total. The Kier molecular flexibility index (Phi) is 6.25. The minimum atomic E-state index is -3.90. The van der Waals surface area contributed by atoms with E-state index in [1.54, 1.807) is 36.4 Å². The number of piperazine rings is 1. The van der Waals surface area contributed by atoms with Crippen molar-refractivity contribution in [3.05, 3.63) is 108 Å². The lowest BCUT2D eigenvalue weighted by Crippen LogP contribution is -2.51. The third-order valence-electron chi connectivity index (χ3n) is 6.03. The summed E-state index contributed by atoms with van der Waals surface area (Å²) in [5, 5.41) is 11.2. The van der Waals surface area contributed by atoms with Crippen LogP contribution in [0.4, 0.5) is 0 Å². The fourth-order valence-electron chi connectivity index (χ4n) is 4.30. The molecule has 3 aromatic carbocycles. The van der Waals surface area contributed by atoms with E-state index in [2.05, 4.69) is 4.90 Å². The first-order valence-corrected chi connectivity index (χ1v) is 12.0. The second kappa shape index (κ2) is 8.93. The predicted octanol–water partition coefficient (Wildman–Crippen LogP) is 3.24. The average molecular weight is 437 g/mol. The molecule has 0 spiro atoms. The van der Waals surface area contributed by atoms with Crippen LogP contribution in [-0.2, 0) is 15.6 Å². The lowest BCUT2D eigenvalue weighted by Gasteiger charge is -2.41. The van der Waals surface area contributed by atoms with Gasteiger partial charge in [-0.15, -0.1) is 0 Å². The van der Waals surface area contributed by atoms with Gasteiger partial charge in [0.1, 0.15) is 10.9 Å². The largest absolute Gasteiger partial charge is 0.379 e. The highest BCUT2D eigenvalue weighted by atomic mass is 32.2. The molecule has 1 aliphatic rings. The summed E-state index contributed by atoms with van der Waals surface area (Å²) >= 11 is 0. The molecule has 0 unspecified atom stereocenters. The highest BCUT2D eigenvalue weighted by molar-refractivity contribution is 7.89. The monoisotopic (exact) mass is 436 g/mol. The van der Waals surface area contributed by atoms with Crippen LogP contribution in [0.2, 0.25) is 0 Å². The van der Waals surface area contributed by atoms with E-state index in [4.69, 9.17) is 0 Å². The summed E-state index contributed by atoms with van der Waals surface area (Å²) in [6, 6.07) is 27.3. The summed E-state index contributed by atoms with van der Waals surface area (Å²) in [6.45, 7) is 2.13. The van der Waals surface area contributed by atoms with E-state index in [1.807, 2.05) is 61.6 Å². The molecule has 31 heavy (non-hydrogen) atoms. The maximum absolute atomic E-state index is 14.1. The Hall–Kier alpha value is -2.51. The van der Waals surface area contributed by atoms with Crippen molar-refractivity contribution in [2.45, 2.75) is 10.9 Å². The van der Waals surface area contributed by atoms with Crippen LogP contribution in [-0.4, -0.2) is 56.0 Å². The van der Waals surface area contributed by atoms with Crippen molar-refractivity contribution < 1.29 is 13.5 Å². The Morgan fingerprint density at radius 3 is 1.61 bits per heavy atom. The minimum absolute atomic E-state index is 0.405. The SMILES string of the molecule is CN1CCN(S(=O)(=O)[C@H](c2ccccc2)C(O)(c2ccccc2)c2ccccc2)CC1. The van der Waals surface area contributed by atoms with Crippen LogP contribution in [0.5, 0.6) is 0 Å². The van der Waals surface area contributed by atoms with Gasteiger partial charge >= 0.3 is 0 Å². The molecule has 1 saturated heterocycles. The van der Waals surface area contributed by atoms with E-state index in [-0.39, 0.29) is 0 Å². The van der Waals surface area contributed by atoms with Crippen LogP contribution < -0.4 is 0 Å². The number of likely N-dealkylation sites (N-methyl/N-ethyl adjacent to an activating group) is 1. The fraction of sp³-hybridized carbons (Fsp3) is 0.280. The Morgan fingerprint density at radius 1 is 0.742 bits per heavy atom. The van der Waals surface area contributed by atoms with E-state index in [0.29, 0.717) is 42.9 Å². The molecule has 0 bridgehead atoms. The molecule has 1 aliphatic heterocycles. The molecule has 0 amide bonds. The quantitative estimate of drug-likeness (QED) is 0.645. The molecule has 0 aromatic heterocycles. The number of rotatable bonds is 6. The number of benzene rings is 3. The molecule has 1 atom stereocenters. The van der Waals surface area contributed by atoms with E-state index in [0.717, 1.165) is 0 Å². The summed E-state index contributed by atoms with van der Waals surface area (Å²) in [7, 11) is -1.91. The van der Waals surface area contributed by atoms with Gasteiger partial charge in [0.05, 0.1) is 0 Å². The molecule has 1 fully saturated rings. The lowest BCUT2D eigenvalue weighted by atomic mass is 9.81. The van der Waals surface area contributed by atoms with Gasteiger partial charge in [-0.1, -0.05) is 91.0 Å². The standard InChI is InChI=1S/C25H28N2O3S/c1-26-17-19-27(20-18-26)31(29,30)24(21-11-5-2-6-12-21)25(28,22-13-7-3-8-14-22)23-15-9-4-10-16-23/h2-16,24,28H,17-20H2,1H3/t24-/m1/s1. The van der Waals surface area contributed by atoms with Gasteiger partial charge in [0.15, 0.2) is 0 Å². The minimum Gasteiger partial charge on any atom is -0.379 e. The first kappa shape index (κ1) is 21.7. The van der Waals surface area contributed by atoms with Gasteiger partial charge in [-0.25, -0.2) is 8.42 Å². The van der Waals surface area contributed by atoms with Crippen LogP contribution in [0.25, 0.3) is 0 Å². The zero-order valence-corrected chi connectivity index (χ0v) is 18.4. The van der Waals surface area contributed by atoms with E-state index in [9.17, 15) is 13.5 Å². The highest BCUT2D eigenvalue weighted by Gasteiger charge is 2.50. The second-order valence-electron chi connectivity index (χ2n) is 8.04. The van der Waals surface area contributed by atoms with Crippen LogP contribution in [0.15, 0.2) is 91.0 Å². The summed E-state index contributed by atoms with van der Waals surface area (Å²) in [5.74, 6) is 0. The van der Waals surface area contributed by atoms with Gasteiger partial charge in [0.25, 0.3) is 0 Å². The van der Waals surface area contributed by atoms with E-state index >= 15 is 0 Å². The van der Waals surface area contributed by atoms with Crippen molar-refractivity contribution >= 4 is 10.0 Å². The Morgan fingerprint density at radius 2 is 1.16 bits per heavy atom. The number of sulfonamides is 1. The van der Waals surface area contributed by atoms with Gasteiger partial charge in [-0.3, -0.25) is 0 Å². The third-order valence-corrected chi connectivity index (χ3v) is 8.32. The molecule has 0 aliphatic carbocycles. The Labute approximate surface area is 184 Å². The van der Waals surface area contributed by atoms with E-state index < -0.39 is 20.9 Å². The maximum Gasteiger partial charge on any atom is 0.224 e. The van der Waals surface area contributed by atoms with Crippen LogP contribution in [0, 0.1) is 0 Å². The molecule has 0 radical (unpaired) electrons. The van der Waals surface area contributed by atoms with Crippen molar-refractivity contribution in [2.24, 2.45) is 0 Å². The van der Waals surface area contributed by atoms with Crippen molar-refractivity contribution in [2.75, 3.05) is 33.2 Å². The number of nitrogens with zero attached hydrogens (tertiary/aromatic N) is 2. The fourth-order valence-corrected chi connectivity index (χ4v) is 6.48. The van der Waals surface area contributed by atoms with Crippen molar-refractivity contribution in [3.63, 3.8) is 0 Å². The van der Waals surface area contributed by atoms with Gasteiger partial charge < -0.3 is 10.0 Å². The molecule has 0 saturated carbocycles. The molecular weight excluding hydrogens is 408 g/mol. The number of hydrogen-bond acceptors (Lipinski definition) is 4. The Bertz CT molecular complexity index is 1040. The summed E-state index contributed by atoms with van der Waals surface area (Å²) in [6.07, 6.45) is 0. The van der Waals surface area contributed by atoms with Crippen LogP contribution in [0.3, 0.4) is 0 Å². The molecular formula is C25H28N2O3S. The van der Waals surface area contributed by atoms with Crippen molar-refractivity contribution in [1.29, 1.82) is 0 Å². The number of hydrogen-bond donors (Lipinski definition) is 1. The zero-order valence-electron chi connectivity index (χ0n) is 17.6. The van der Waals surface area contributed by atoms with E-state index in [1.165, 1.54) is 4.31 Å². The average Bonchev–Trinajstić information content (AvgIpc) is 2.81. The van der Waals surface area contributed by atoms with Crippen LogP contribution in [0.1, 0.15) is 21.9 Å². The summed E-state index contributed by atoms with van der Waals surface area (Å²) < 4.78 is 29.8. The van der Waals surface area contributed by atoms with Crippen molar-refractivity contribution in [3.8, 4) is 0 Å². The first-order valence-electron chi connectivity index (χ1n) is 10.5. The normalized spacial score (nSPS) is 17.4. The van der Waals surface area contributed by atoms with Gasteiger partial charge in [0, 0.05) is 26.2 Å². The molecule has 6 heteroatoms. The first-order chi connectivity index (χ1) is 14.9. The van der Waals surface area contributed by atoms with Gasteiger partial charge in [-0.05, 0) is 23.7 Å². The molecule has 4 rings (SSSR count). The predicted molar refractivity (Wildman–Crippen MR) is 123 cm³/mol. The maximum atomic E-state index is 14.1. The lowest BCUT2D eigenvalue weighted by molar-refractivity contribution is 0.0716. The van der Waals surface area contributed by atoms with Gasteiger partial charge in [-0.2, -0.15) is 4.31 Å². The molecule has 5 nitrogen and oxygen atoms in total. The third kappa shape index (κ3) is 4.16. The topological polar surface area (TPSA) is 60.9 Å². The summed E-state index contributed by atoms with van der Waals surface area (Å²) in [4.78, 5) is 2.12. The smallest absolute Gasteiger partial charge is 0.224 e. The van der Waals surface area contributed by atoms with Gasteiger partial charge in [0.2, 0.25) is 10.0 Å². The second-order valence-corrected chi connectivity index (χ2v) is 10.1. The molecule has 162 valence electrons. The van der Waals surface area contributed by atoms with Crippen molar-refractivity contribution in [1.82, 2.24) is 9.21 Å². The highest BCUT2D eigenvalue weighted by Crippen LogP contribution is 2.46.